The Morgan fingerprint density at radius 1 is 1.20 bits per heavy atom. The molecule has 0 amide bonds. The predicted octanol–water partition coefficient (Wildman–Crippen LogP) is 5.04. The van der Waals surface area contributed by atoms with Crippen molar-refractivity contribution in [3.8, 4) is 0 Å². The van der Waals surface area contributed by atoms with E-state index in [1.54, 1.807) is 0 Å². The van der Waals surface area contributed by atoms with Crippen LogP contribution in [0.4, 0.5) is 5.69 Å². The fourth-order valence-corrected chi connectivity index (χ4v) is 3.13. The first-order valence-electron chi connectivity index (χ1n) is 8.25. The molecule has 0 N–H and O–H groups in total. The molecule has 1 heterocycles. The molecule has 4 nitrogen and oxygen atoms in total. The molecule has 0 radical (unpaired) electrons. The Kier molecular flexibility index (Phi) is 5.09. The summed E-state index contributed by atoms with van der Waals surface area (Å²) in [6, 6.07) is 12.0. The van der Waals surface area contributed by atoms with E-state index in [4.69, 9.17) is 16.4 Å². The topological polar surface area (TPSA) is 37.2 Å². The third kappa shape index (κ3) is 3.85. The smallest absolute Gasteiger partial charge is 0.158 e. The number of benzene rings is 2. The monoisotopic (exact) mass is 355 g/mol. The zero-order valence-electron chi connectivity index (χ0n) is 15.0. The highest BCUT2D eigenvalue weighted by atomic mass is 35.5. The maximum Gasteiger partial charge on any atom is 0.158 e. The van der Waals surface area contributed by atoms with E-state index in [0.29, 0.717) is 11.4 Å². The molecule has 0 aromatic heterocycles. The average Bonchev–Trinajstić information content (AvgIpc) is 3.05. The standard InChI is InChI=1S/C20H22ClN3O/c1-13-10-18(22-12-24(3)4)14(2)9-16(13)20-11-19(23-25-20)15-7-5-6-8-17(15)21/h5-10,12,20H,11H2,1-4H3. The lowest BCUT2D eigenvalue weighted by Gasteiger charge is -2.14. The van der Waals surface area contributed by atoms with Crippen LogP contribution in [-0.2, 0) is 4.84 Å². The van der Waals surface area contributed by atoms with Crippen molar-refractivity contribution in [2.45, 2.75) is 26.4 Å². The fraction of sp³-hybridized carbons (Fsp3) is 0.300. The van der Waals surface area contributed by atoms with Crippen LogP contribution in [0.5, 0.6) is 0 Å². The number of aryl methyl sites for hydroxylation is 2. The number of rotatable bonds is 4. The fourth-order valence-electron chi connectivity index (χ4n) is 2.89. The van der Waals surface area contributed by atoms with Crippen LogP contribution in [0.15, 0.2) is 46.5 Å². The van der Waals surface area contributed by atoms with Crippen LogP contribution >= 0.6 is 11.6 Å². The van der Waals surface area contributed by atoms with Crippen LogP contribution in [0.25, 0.3) is 0 Å². The van der Waals surface area contributed by atoms with Gasteiger partial charge >= 0.3 is 0 Å². The molecule has 5 heteroatoms. The number of oxime groups is 1. The Balaban J connectivity index is 1.82. The first-order chi connectivity index (χ1) is 12.0. The van der Waals surface area contributed by atoms with E-state index in [-0.39, 0.29) is 6.10 Å². The highest BCUT2D eigenvalue weighted by Crippen LogP contribution is 2.35. The predicted molar refractivity (Wildman–Crippen MR) is 104 cm³/mol. The second kappa shape index (κ2) is 7.28. The zero-order valence-corrected chi connectivity index (χ0v) is 15.7. The van der Waals surface area contributed by atoms with Gasteiger partial charge in [0.1, 0.15) is 0 Å². The van der Waals surface area contributed by atoms with Gasteiger partial charge in [-0.1, -0.05) is 35.0 Å². The van der Waals surface area contributed by atoms with Crippen molar-refractivity contribution in [3.63, 3.8) is 0 Å². The zero-order chi connectivity index (χ0) is 18.0. The van der Waals surface area contributed by atoms with Gasteiger partial charge in [-0.25, -0.2) is 4.99 Å². The van der Waals surface area contributed by atoms with E-state index < -0.39 is 0 Å². The largest absolute Gasteiger partial charge is 0.387 e. The third-order valence-corrected chi connectivity index (χ3v) is 4.54. The summed E-state index contributed by atoms with van der Waals surface area (Å²) in [5.41, 5.74) is 6.22. The molecule has 1 aliphatic rings. The number of hydrogen-bond donors (Lipinski definition) is 0. The lowest BCUT2D eigenvalue weighted by Crippen LogP contribution is -2.07. The summed E-state index contributed by atoms with van der Waals surface area (Å²) in [6.07, 6.45) is 2.44. The quantitative estimate of drug-likeness (QED) is 0.568. The Bertz CT molecular complexity index is 843. The van der Waals surface area contributed by atoms with Crippen molar-refractivity contribution in [3.05, 3.63) is 63.7 Å². The van der Waals surface area contributed by atoms with Crippen molar-refractivity contribution < 1.29 is 4.84 Å². The molecule has 1 aliphatic heterocycles. The van der Waals surface area contributed by atoms with Crippen LogP contribution in [0, 0.1) is 13.8 Å². The van der Waals surface area contributed by atoms with Crippen LogP contribution in [0.1, 0.15) is 34.8 Å². The van der Waals surface area contributed by atoms with E-state index in [1.807, 2.05) is 49.6 Å². The summed E-state index contributed by atoms with van der Waals surface area (Å²) in [7, 11) is 3.92. The number of aliphatic imine (C=N–C) groups is 1. The van der Waals surface area contributed by atoms with Gasteiger partial charge in [-0.2, -0.15) is 0 Å². The second-order valence-electron chi connectivity index (χ2n) is 6.52. The number of nitrogens with zero attached hydrogens (tertiary/aromatic N) is 3. The first kappa shape index (κ1) is 17.5. The van der Waals surface area contributed by atoms with Crippen LogP contribution in [-0.4, -0.2) is 31.0 Å². The molecular weight excluding hydrogens is 334 g/mol. The average molecular weight is 356 g/mol. The normalized spacial score (nSPS) is 16.8. The van der Waals surface area contributed by atoms with E-state index in [0.717, 1.165) is 33.7 Å². The minimum atomic E-state index is -0.0862. The molecule has 2 aromatic rings. The van der Waals surface area contributed by atoms with Gasteiger partial charge in [0.2, 0.25) is 0 Å². The van der Waals surface area contributed by atoms with Crippen molar-refractivity contribution in [2.75, 3.05) is 14.1 Å². The SMILES string of the molecule is Cc1cc(C2CC(c3ccccc3Cl)=NO2)c(C)cc1N=CN(C)C. The molecule has 25 heavy (non-hydrogen) atoms. The third-order valence-electron chi connectivity index (χ3n) is 4.21. The van der Waals surface area contributed by atoms with Crippen molar-refractivity contribution >= 4 is 29.3 Å². The maximum absolute atomic E-state index is 6.28. The summed E-state index contributed by atoms with van der Waals surface area (Å²) >= 11 is 6.28. The molecular formula is C20H22ClN3O. The lowest BCUT2D eigenvalue weighted by molar-refractivity contribution is 0.0852. The van der Waals surface area contributed by atoms with E-state index in [2.05, 4.69) is 36.1 Å². The summed E-state index contributed by atoms with van der Waals surface area (Å²) < 4.78 is 0. The molecule has 0 saturated carbocycles. The van der Waals surface area contributed by atoms with Crippen LogP contribution in [0.3, 0.4) is 0 Å². The van der Waals surface area contributed by atoms with Crippen molar-refractivity contribution in [1.29, 1.82) is 0 Å². The van der Waals surface area contributed by atoms with Gasteiger partial charge in [-0.05, 0) is 48.7 Å². The Morgan fingerprint density at radius 3 is 2.68 bits per heavy atom. The lowest BCUT2D eigenvalue weighted by atomic mass is 9.95. The number of halogens is 1. The van der Waals surface area contributed by atoms with Gasteiger partial charge < -0.3 is 9.74 Å². The molecule has 2 aromatic carbocycles. The highest BCUT2D eigenvalue weighted by Gasteiger charge is 2.26. The molecule has 0 bridgehead atoms. The van der Waals surface area contributed by atoms with Gasteiger partial charge in [-0.3, -0.25) is 0 Å². The van der Waals surface area contributed by atoms with E-state index >= 15 is 0 Å². The molecule has 1 atom stereocenters. The summed E-state index contributed by atoms with van der Waals surface area (Å²) in [6.45, 7) is 4.15. The molecule has 3 rings (SSSR count). The molecule has 0 spiro atoms. The Labute approximate surface area is 153 Å². The second-order valence-corrected chi connectivity index (χ2v) is 6.93. The molecule has 0 saturated heterocycles. The van der Waals surface area contributed by atoms with Gasteiger partial charge in [0, 0.05) is 31.1 Å². The van der Waals surface area contributed by atoms with Crippen LogP contribution in [0.2, 0.25) is 5.02 Å². The molecule has 0 fully saturated rings. The van der Waals surface area contributed by atoms with Crippen molar-refractivity contribution in [2.24, 2.45) is 10.1 Å². The summed E-state index contributed by atoms with van der Waals surface area (Å²) in [5, 5.41) is 4.97. The van der Waals surface area contributed by atoms with Gasteiger partial charge in [0.25, 0.3) is 0 Å². The Hall–Kier alpha value is -2.33. The number of hydrogen-bond acceptors (Lipinski definition) is 3. The minimum Gasteiger partial charge on any atom is -0.387 e. The molecule has 130 valence electrons. The highest BCUT2D eigenvalue weighted by molar-refractivity contribution is 6.34. The van der Waals surface area contributed by atoms with E-state index in [9.17, 15) is 0 Å². The van der Waals surface area contributed by atoms with Gasteiger partial charge in [0.15, 0.2) is 6.10 Å². The summed E-state index contributed by atoms with van der Waals surface area (Å²) in [5.74, 6) is 0. The minimum absolute atomic E-state index is 0.0862. The summed E-state index contributed by atoms with van der Waals surface area (Å²) in [4.78, 5) is 12.2. The van der Waals surface area contributed by atoms with Crippen molar-refractivity contribution in [1.82, 2.24) is 4.90 Å². The van der Waals surface area contributed by atoms with Gasteiger partial charge in [0.05, 0.1) is 17.7 Å². The van der Waals surface area contributed by atoms with Gasteiger partial charge in [-0.15, -0.1) is 0 Å². The van der Waals surface area contributed by atoms with E-state index in [1.165, 1.54) is 0 Å². The molecule has 0 aliphatic carbocycles. The Morgan fingerprint density at radius 2 is 1.96 bits per heavy atom. The van der Waals surface area contributed by atoms with Crippen LogP contribution < -0.4 is 0 Å². The first-order valence-corrected chi connectivity index (χ1v) is 8.63. The molecule has 1 unspecified atom stereocenters. The maximum atomic E-state index is 6.28.